The second-order valence-corrected chi connectivity index (χ2v) is 5.39. The van der Waals surface area contributed by atoms with Crippen LogP contribution in [-0.2, 0) is 11.3 Å². The summed E-state index contributed by atoms with van der Waals surface area (Å²) in [4.78, 5) is 18.0. The molecule has 0 aliphatic carbocycles. The molecule has 2 N–H and O–H groups in total. The number of hydrogen-bond donors (Lipinski definition) is 1. The molecular formula is C15H19N5O. The molecule has 110 valence electrons. The van der Waals surface area contributed by atoms with Crippen molar-refractivity contribution in [3.63, 3.8) is 0 Å². The Bertz CT molecular complexity index is 583. The van der Waals surface area contributed by atoms with Gasteiger partial charge in [-0.15, -0.1) is 0 Å². The standard InChI is InChI=1S/C15H19N5O/c16-14-9-19(8-13(14)12-4-2-1-3-5-12)15(21)6-7-20-11-17-10-18-20/h1-5,10-11,13-14H,6-9,16H2/t13-,14+/m0/s1. The first-order valence-corrected chi connectivity index (χ1v) is 7.15. The number of hydrogen-bond acceptors (Lipinski definition) is 4. The van der Waals surface area contributed by atoms with Crippen LogP contribution in [0.15, 0.2) is 43.0 Å². The van der Waals surface area contributed by atoms with E-state index in [4.69, 9.17) is 5.73 Å². The molecule has 0 unspecified atom stereocenters. The van der Waals surface area contributed by atoms with E-state index in [1.165, 1.54) is 11.9 Å². The van der Waals surface area contributed by atoms with Crippen molar-refractivity contribution in [2.24, 2.45) is 5.73 Å². The van der Waals surface area contributed by atoms with Crippen LogP contribution in [0.5, 0.6) is 0 Å². The zero-order valence-electron chi connectivity index (χ0n) is 11.8. The molecule has 3 rings (SSSR count). The van der Waals surface area contributed by atoms with E-state index in [2.05, 4.69) is 22.2 Å². The summed E-state index contributed by atoms with van der Waals surface area (Å²) >= 11 is 0. The number of rotatable bonds is 4. The molecule has 1 aliphatic rings. The van der Waals surface area contributed by atoms with E-state index >= 15 is 0 Å². The highest BCUT2D eigenvalue weighted by molar-refractivity contribution is 5.76. The van der Waals surface area contributed by atoms with E-state index in [1.54, 1.807) is 11.0 Å². The lowest BCUT2D eigenvalue weighted by Gasteiger charge is -2.16. The van der Waals surface area contributed by atoms with E-state index in [-0.39, 0.29) is 17.9 Å². The molecule has 1 saturated heterocycles. The largest absolute Gasteiger partial charge is 0.340 e. The SMILES string of the molecule is N[C@@H]1CN(C(=O)CCn2cncn2)C[C@H]1c1ccccc1. The number of carbonyl (C=O) groups is 1. The lowest BCUT2D eigenvalue weighted by Crippen LogP contribution is -2.32. The van der Waals surface area contributed by atoms with E-state index in [0.717, 1.165) is 0 Å². The molecule has 2 atom stereocenters. The predicted molar refractivity (Wildman–Crippen MR) is 78.4 cm³/mol. The van der Waals surface area contributed by atoms with Crippen LogP contribution in [-0.4, -0.2) is 44.7 Å². The van der Waals surface area contributed by atoms with Crippen molar-refractivity contribution in [1.29, 1.82) is 0 Å². The molecule has 21 heavy (non-hydrogen) atoms. The van der Waals surface area contributed by atoms with Crippen LogP contribution >= 0.6 is 0 Å². The number of amides is 1. The number of likely N-dealkylation sites (tertiary alicyclic amines) is 1. The maximum atomic E-state index is 12.3. The highest BCUT2D eigenvalue weighted by Crippen LogP contribution is 2.26. The first-order chi connectivity index (χ1) is 10.2. The fourth-order valence-corrected chi connectivity index (χ4v) is 2.80. The second kappa shape index (κ2) is 6.05. The molecule has 0 spiro atoms. The smallest absolute Gasteiger partial charge is 0.224 e. The van der Waals surface area contributed by atoms with Gasteiger partial charge in [0.25, 0.3) is 0 Å². The van der Waals surface area contributed by atoms with Crippen molar-refractivity contribution >= 4 is 5.91 Å². The average Bonchev–Trinajstić information content (AvgIpc) is 3.15. The highest BCUT2D eigenvalue weighted by Gasteiger charge is 2.33. The van der Waals surface area contributed by atoms with Gasteiger partial charge in [-0.25, -0.2) is 4.98 Å². The predicted octanol–water partition coefficient (Wildman–Crippen LogP) is 0.622. The molecule has 1 aromatic heterocycles. The van der Waals surface area contributed by atoms with E-state index in [0.29, 0.717) is 26.1 Å². The van der Waals surface area contributed by atoms with Crippen LogP contribution in [0, 0.1) is 0 Å². The second-order valence-electron chi connectivity index (χ2n) is 5.39. The summed E-state index contributed by atoms with van der Waals surface area (Å²) in [7, 11) is 0. The zero-order chi connectivity index (χ0) is 14.7. The fourth-order valence-electron chi connectivity index (χ4n) is 2.80. The van der Waals surface area contributed by atoms with E-state index < -0.39 is 0 Å². The van der Waals surface area contributed by atoms with Gasteiger partial charge in [-0.05, 0) is 5.56 Å². The molecule has 6 nitrogen and oxygen atoms in total. The molecule has 2 heterocycles. The Kier molecular flexibility index (Phi) is 3.96. The van der Waals surface area contributed by atoms with Crippen LogP contribution in [0.4, 0.5) is 0 Å². The van der Waals surface area contributed by atoms with Gasteiger partial charge in [-0.1, -0.05) is 30.3 Å². The van der Waals surface area contributed by atoms with Gasteiger partial charge in [-0.2, -0.15) is 5.10 Å². The molecule has 1 aromatic carbocycles. The van der Waals surface area contributed by atoms with Crippen LogP contribution in [0.25, 0.3) is 0 Å². The van der Waals surface area contributed by atoms with Crippen molar-refractivity contribution in [3.05, 3.63) is 48.5 Å². The maximum absolute atomic E-state index is 12.3. The summed E-state index contributed by atoms with van der Waals surface area (Å²) in [5.74, 6) is 0.348. The number of nitrogens with two attached hydrogens (primary N) is 1. The number of benzene rings is 1. The average molecular weight is 285 g/mol. The lowest BCUT2D eigenvalue weighted by atomic mass is 9.95. The van der Waals surface area contributed by atoms with Gasteiger partial charge >= 0.3 is 0 Å². The molecular weight excluding hydrogens is 266 g/mol. The Morgan fingerprint density at radius 3 is 2.81 bits per heavy atom. The van der Waals surface area contributed by atoms with Crippen molar-refractivity contribution in [1.82, 2.24) is 19.7 Å². The Morgan fingerprint density at radius 1 is 1.29 bits per heavy atom. The van der Waals surface area contributed by atoms with Gasteiger partial charge in [0.2, 0.25) is 5.91 Å². The Balaban J connectivity index is 1.59. The topological polar surface area (TPSA) is 77.0 Å². The van der Waals surface area contributed by atoms with Crippen LogP contribution < -0.4 is 5.73 Å². The monoisotopic (exact) mass is 285 g/mol. The van der Waals surface area contributed by atoms with Gasteiger partial charge in [0, 0.05) is 31.5 Å². The third kappa shape index (κ3) is 3.11. The van der Waals surface area contributed by atoms with E-state index in [9.17, 15) is 4.79 Å². The normalized spacial score (nSPS) is 21.7. The molecule has 0 saturated carbocycles. The summed E-state index contributed by atoms with van der Waals surface area (Å²) in [5, 5.41) is 4.00. The zero-order valence-corrected chi connectivity index (χ0v) is 11.8. The van der Waals surface area contributed by atoms with Crippen molar-refractivity contribution < 1.29 is 4.79 Å². The third-order valence-electron chi connectivity index (χ3n) is 3.97. The highest BCUT2D eigenvalue weighted by atomic mass is 16.2. The van der Waals surface area contributed by atoms with Gasteiger partial charge < -0.3 is 10.6 Å². The fraction of sp³-hybridized carbons (Fsp3) is 0.400. The number of nitrogens with zero attached hydrogens (tertiary/aromatic N) is 4. The maximum Gasteiger partial charge on any atom is 0.224 e. The first-order valence-electron chi connectivity index (χ1n) is 7.15. The summed E-state index contributed by atoms with van der Waals surface area (Å²) < 4.78 is 1.67. The number of carbonyl (C=O) groups excluding carboxylic acids is 1. The summed E-state index contributed by atoms with van der Waals surface area (Å²) in [6.45, 7) is 1.87. The van der Waals surface area contributed by atoms with Gasteiger partial charge in [0.15, 0.2) is 0 Å². The van der Waals surface area contributed by atoms with Crippen LogP contribution in [0.1, 0.15) is 17.9 Å². The molecule has 1 aliphatic heterocycles. The van der Waals surface area contributed by atoms with Gasteiger partial charge in [-0.3, -0.25) is 9.48 Å². The van der Waals surface area contributed by atoms with Gasteiger partial charge in [0.05, 0.1) is 6.54 Å². The quantitative estimate of drug-likeness (QED) is 0.893. The molecule has 1 fully saturated rings. The molecule has 1 amide bonds. The minimum Gasteiger partial charge on any atom is -0.340 e. The summed E-state index contributed by atoms with van der Waals surface area (Å²) in [5.41, 5.74) is 7.41. The Morgan fingerprint density at radius 2 is 2.10 bits per heavy atom. The molecule has 0 radical (unpaired) electrons. The summed E-state index contributed by atoms with van der Waals surface area (Å²) in [6, 6.07) is 10.2. The molecule has 6 heteroatoms. The Labute approximate surface area is 123 Å². The van der Waals surface area contributed by atoms with E-state index in [1.807, 2.05) is 23.1 Å². The lowest BCUT2D eigenvalue weighted by molar-refractivity contribution is -0.130. The van der Waals surface area contributed by atoms with Gasteiger partial charge in [0.1, 0.15) is 12.7 Å². The van der Waals surface area contributed by atoms with Crippen LogP contribution in [0.2, 0.25) is 0 Å². The first kappa shape index (κ1) is 13.8. The number of aryl methyl sites for hydroxylation is 1. The summed E-state index contributed by atoms with van der Waals surface area (Å²) in [6.07, 6.45) is 3.52. The van der Waals surface area contributed by atoms with Crippen molar-refractivity contribution in [2.75, 3.05) is 13.1 Å². The number of aromatic nitrogens is 3. The Hall–Kier alpha value is -2.21. The van der Waals surface area contributed by atoms with Crippen molar-refractivity contribution in [2.45, 2.75) is 24.9 Å². The van der Waals surface area contributed by atoms with Crippen LogP contribution in [0.3, 0.4) is 0 Å². The minimum atomic E-state index is 0.00252. The molecule has 0 bridgehead atoms. The molecule has 2 aromatic rings. The van der Waals surface area contributed by atoms with Crippen molar-refractivity contribution in [3.8, 4) is 0 Å². The minimum absolute atomic E-state index is 0.00252. The third-order valence-corrected chi connectivity index (χ3v) is 3.97.